The summed E-state index contributed by atoms with van der Waals surface area (Å²) >= 11 is 3.09. The van der Waals surface area contributed by atoms with E-state index in [1.165, 1.54) is 23.1 Å². The summed E-state index contributed by atoms with van der Waals surface area (Å²) < 4.78 is 27.5. The van der Waals surface area contributed by atoms with E-state index in [0.29, 0.717) is 5.69 Å². The Balaban J connectivity index is 2.51. The molecule has 2 rings (SSSR count). The Hall–Kier alpha value is -1.41. The lowest BCUT2D eigenvalue weighted by atomic mass is 10.3. The third-order valence-electron chi connectivity index (χ3n) is 2.46. The number of hydrogen-bond acceptors (Lipinski definition) is 4. The Morgan fingerprint density at radius 2 is 1.89 bits per heavy atom. The first-order chi connectivity index (χ1) is 8.44. The molecule has 0 aliphatic rings. The molecule has 0 aliphatic carbocycles. The summed E-state index contributed by atoms with van der Waals surface area (Å²) in [4.78, 5) is 0. The van der Waals surface area contributed by atoms with Crippen molar-refractivity contribution in [3.8, 4) is 0 Å². The normalized spacial score (nSPS) is 11.5. The number of benzene rings is 1. The van der Waals surface area contributed by atoms with Crippen LogP contribution in [0.5, 0.6) is 0 Å². The minimum absolute atomic E-state index is 0.0221. The maximum Gasteiger partial charge on any atom is 0.284 e. The van der Waals surface area contributed by atoms with Gasteiger partial charge in [0.05, 0.1) is 5.69 Å². The number of nitrogens with zero attached hydrogens (tertiary/aromatic N) is 4. The number of rotatable bonds is 3. The molecule has 0 amide bonds. The summed E-state index contributed by atoms with van der Waals surface area (Å²) in [5.74, 6) is 0. The Morgan fingerprint density at radius 1 is 1.28 bits per heavy atom. The monoisotopic (exact) mass is 330 g/mol. The van der Waals surface area contributed by atoms with E-state index in [-0.39, 0.29) is 9.63 Å². The Bertz CT molecular complexity index is 634. The van der Waals surface area contributed by atoms with Crippen molar-refractivity contribution in [2.24, 2.45) is 7.05 Å². The predicted octanol–water partition coefficient (Wildman–Crippen LogP) is 1.40. The van der Waals surface area contributed by atoms with Gasteiger partial charge < -0.3 is 0 Å². The van der Waals surface area contributed by atoms with Crippen molar-refractivity contribution in [3.63, 3.8) is 0 Å². The molecule has 0 fully saturated rings. The summed E-state index contributed by atoms with van der Waals surface area (Å²) in [7, 11) is -0.664. The smallest absolute Gasteiger partial charge is 0.268 e. The van der Waals surface area contributed by atoms with Gasteiger partial charge >= 0.3 is 0 Å². The molecule has 8 heteroatoms. The van der Waals surface area contributed by atoms with Crippen molar-refractivity contribution in [3.05, 3.63) is 34.9 Å². The molecule has 1 aromatic carbocycles. The van der Waals surface area contributed by atoms with Crippen LogP contribution in [0.15, 0.2) is 40.0 Å². The van der Waals surface area contributed by atoms with Crippen LogP contribution in [-0.4, -0.2) is 30.5 Å². The largest absolute Gasteiger partial charge is 0.284 e. The number of para-hydroxylation sites is 1. The number of anilines is 1. The van der Waals surface area contributed by atoms with E-state index in [9.17, 15) is 8.42 Å². The van der Waals surface area contributed by atoms with Gasteiger partial charge in [0.2, 0.25) is 5.03 Å². The molecule has 1 aromatic heterocycles. The zero-order valence-corrected chi connectivity index (χ0v) is 12.2. The summed E-state index contributed by atoms with van der Waals surface area (Å²) in [5.41, 5.74) is 0.575. The molecule has 0 N–H and O–H groups in total. The van der Waals surface area contributed by atoms with Crippen molar-refractivity contribution in [2.75, 3.05) is 11.4 Å². The van der Waals surface area contributed by atoms with Gasteiger partial charge in [-0.15, -0.1) is 5.10 Å². The molecule has 2 aromatic rings. The third kappa shape index (κ3) is 2.13. The highest BCUT2D eigenvalue weighted by molar-refractivity contribution is 9.10. The molecule has 1 heterocycles. The second-order valence-electron chi connectivity index (χ2n) is 3.62. The van der Waals surface area contributed by atoms with Crippen LogP contribution in [0.4, 0.5) is 5.69 Å². The molecular weight excluding hydrogens is 320 g/mol. The fourth-order valence-corrected chi connectivity index (χ4v) is 3.73. The summed E-state index contributed by atoms with van der Waals surface area (Å²) in [6.45, 7) is 0. The van der Waals surface area contributed by atoms with Crippen LogP contribution in [0, 0.1) is 0 Å². The fraction of sp³-hybridized carbons (Fsp3) is 0.200. The number of halogens is 1. The SMILES string of the molecule is CN(c1ccccc1)S(=O)(=O)c1c(Br)nnn1C. The maximum absolute atomic E-state index is 12.4. The zero-order valence-electron chi connectivity index (χ0n) is 9.78. The Kier molecular flexibility index (Phi) is 3.40. The van der Waals surface area contributed by atoms with Crippen LogP contribution in [0.2, 0.25) is 0 Å². The zero-order chi connectivity index (χ0) is 13.3. The minimum Gasteiger partial charge on any atom is -0.268 e. The number of sulfonamides is 1. The summed E-state index contributed by atoms with van der Waals surface area (Å²) in [5, 5.41) is 7.38. The maximum atomic E-state index is 12.4. The first kappa shape index (κ1) is 13.0. The van der Waals surface area contributed by atoms with Crippen LogP contribution in [0.3, 0.4) is 0 Å². The predicted molar refractivity (Wildman–Crippen MR) is 70.7 cm³/mol. The van der Waals surface area contributed by atoms with Gasteiger partial charge in [0.15, 0.2) is 4.60 Å². The van der Waals surface area contributed by atoms with Crippen LogP contribution in [0.1, 0.15) is 0 Å². The summed E-state index contributed by atoms with van der Waals surface area (Å²) in [6.07, 6.45) is 0. The molecule has 6 nitrogen and oxygen atoms in total. The van der Waals surface area contributed by atoms with Gasteiger partial charge in [-0.3, -0.25) is 4.31 Å². The van der Waals surface area contributed by atoms with Crippen molar-refractivity contribution in [1.82, 2.24) is 15.0 Å². The van der Waals surface area contributed by atoms with E-state index < -0.39 is 10.0 Å². The number of aryl methyl sites for hydroxylation is 1. The lowest BCUT2D eigenvalue weighted by molar-refractivity contribution is 0.572. The molecule has 18 heavy (non-hydrogen) atoms. The highest BCUT2D eigenvalue weighted by atomic mass is 79.9. The van der Waals surface area contributed by atoms with Crippen LogP contribution in [-0.2, 0) is 17.1 Å². The lowest BCUT2D eigenvalue weighted by Crippen LogP contribution is -2.28. The average molecular weight is 331 g/mol. The highest BCUT2D eigenvalue weighted by Crippen LogP contribution is 2.25. The molecule has 0 bridgehead atoms. The van der Waals surface area contributed by atoms with Crippen LogP contribution < -0.4 is 4.31 Å². The summed E-state index contributed by atoms with van der Waals surface area (Å²) in [6, 6.07) is 8.81. The molecule has 0 saturated heterocycles. The van der Waals surface area contributed by atoms with E-state index in [2.05, 4.69) is 26.2 Å². The quantitative estimate of drug-likeness (QED) is 0.853. The molecule has 96 valence electrons. The highest BCUT2D eigenvalue weighted by Gasteiger charge is 2.28. The van der Waals surface area contributed by atoms with Crippen LogP contribution in [0.25, 0.3) is 0 Å². The first-order valence-electron chi connectivity index (χ1n) is 5.03. The van der Waals surface area contributed by atoms with E-state index in [1.54, 1.807) is 24.3 Å². The van der Waals surface area contributed by atoms with Gasteiger partial charge in [-0.2, -0.15) is 8.42 Å². The molecule has 0 saturated carbocycles. The van der Waals surface area contributed by atoms with E-state index >= 15 is 0 Å². The molecule has 0 spiro atoms. The Morgan fingerprint density at radius 3 is 2.39 bits per heavy atom. The van der Waals surface area contributed by atoms with E-state index in [4.69, 9.17) is 0 Å². The lowest BCUT2D eigenvalue weighted by Gasteiger charge is -2.18. The van der Waals surface area contributed by atoms with Crippen molar-refractivity contribution < 1.29 is 8.42 Å². The Labute approximate surface area is 113 Å². The van der Waals surface area contributed by atoms with Crippen molar-refractivity contribution in [2.45, 2.75) is 5.03 Å². The van der Waals surface area contributed by atoms with Gasteiger partial charge in [-0.05, 0) is 28.1 Å². The fourth-order valence-electron chi connectivity index (χ4n) is 1.50. The molecule has 0 unspecified atom stereocenters. The topological polar surface area (TPSA) is 68.1 Å². The van der Waals surface area contributed by atoms with Crippen molar-refractivity contribution >= 4 is 31.6 Å². The number of aromatic nitrogens is 3. The average Bonchev–Trinajstić information content (AvgIpc) is 2.69. The van der Waals surface area contributed by atoms with Gasteiger partial charge in [-0.1, -0.05) is 23.4 Å². The van der Waals surface area contributed by atoms with Crippen LogP contribution >= 0.6 is 15.9 Å². The van der Waals surface area contributed by atoms with Gasteiger partial charge in [0.25, 0.3) is 10.0 Å². The second-order valence-corrected chi connectivity index (χ2v) is 6.25. The van der Waals surface area contributed by atoms with Gasteiger partial charge in [0.1, 0.15) is 0 Å². The van der Waals surface area contributed by atoms with E-state index in [1.807, 2.05) is 6.07 Å². The standard InChI is InChI=1S/C10H11BrN4O2S/c1-14-10(9(11)12-13-14)18(16,17)15(2)8-6-4-3-5-7-8/h3-7H,1-2H3. The molecule has 0 atom stereocenters. The first-order valence-corrected chi connectivity index (χ1v) is 7.27. The number of hydrogen-bond donors (Lipinski definition) is 0. The molecule has 0 radical (unpaired) electrons. The van der Waals surface area contributed by atoms with E-state index in [0.717, 1.165) is 0 Å². The minimum atomic E-state index is -3.69. The van der Waals surface area contributed by atoms with Crippen molar-refractivity contribution in [1.29, 1.82) is 0 Å². The van der Waals surface area contributed by atoms with Gasteiger partial charge in [-0.25, -0.2) is 4.68 Å². The van der Waals surface area contributed by atoms with Gasteiger partial charge in [0, 0.05) is 14.1 Å². The second kappa shape index (κ2) is 4.69. The third-order valence-corrected chi connectivity index (χ3v) is 5.14. The molecule has 0 aliphatic heterocycles. The molecular formula is C10H11BrN4O2S.